The van der Waals surface area contributed by atoms with Crippen molar-refractivity contribution in [1.82, 2.24) is 9.78 Å². The minimum absolute atomic E-state index is 0.102. The van der Waals surface area contributed by atoms with Crippen LogP contribution in [-0.2, 0) is 11.3 Å². The molecule has 0 spiro atoms. The first kappa shape index (κ1) is 11.0. The molecule has 1 fully saturated rings. The molecular weight excluding hydrogens is 228 g/mol. The summed E-state index contributed by atoms with van der Waals surface area (Å²) in [5.74, 6) is 0.652. The molecule has 1 aliphatic carbocycles. The summed E-state index contributed by atoms with van der Waals surface area (Å²) < 4.78 is 7.12. The zero-order valence-corrected chi connectivity index (χ0v) is 9.95. The van der Waals surface area contributed by atoms with Gasteiger partial charge in [0.2, 0.25) is 0 Å². The van der Waals surface area contributed by atoms with Crippen molar-refractivity contribution in [3.8, 4) is 5.75 Å². The number of carbonyl (C=O) groups is 1. The fourth-order valence-electron chi connectivity index (χ4n) is 1.76. The number of benzene rings is 1. The average Bonchev–Trinajstić information content (AvgIpc) is 3.11. The first-order chi connectivity index (χ1) is 8.81. The zero-order chi connectivity index (χ0) is 12.4. The van der Waals surface area contributed by atoms with Crippen molar-refractivity contribution in [2.45, 2.75) is 19.4 Å². The Morgan fingerprint density at radius 1 is 1.33 bits per heavy atom. The predicted octanol–water partition coefficient (Wildman–Crippen LogP) is 2.25. The van der Waals surface area contributed by atoms with Crippen LogP contribution >= 0.6 is 0 Å². The van der Waals surface area contributed by atoms with Crippen LogP contribution in [0.2, 0.25) is 0 Å². The molecule has 18 heavy (non-hydrogen) atoms. The Morgan fingerprint density at radius 3 is 2.72 bits per heavy atom. The highest BCUT2D eigenvalue weighted by Crippen LogP contribution is 2.30. The molecular formula is C14H14N2O2. The molecule has 0 aliphatic heterocycles. The van der Waals surface area contributed by atoms with E-state index in [0.717, 1.165) is 24.9 Å². The third-order valence-corrected chi connectivity index (χ3v) is 2.96. The molecule has 0 unspecified atom stereocenters. The number of aromatic nitrogens is 2. The van der Waals surface area contributed by atoms with Crippen molar-refractivity contribution in [3.05, 3.63) is 48.3 Å². The molecule has 0 atom stereocenters. The summed E-state index contributed by atoms with van der Waals surface area (Å²) >= 11 is 0. The summed E-state index contributed by atoms with van der Waals surface area (Å²) in [6.07, 6.45) is 5.61. The van der Waals surface area contributed by atoms with Crippen LogP contribution in [0.15, 0.2) is 42.7 Å². The highest BCUT2D eigenvalue weighted by atomic mass is 16.5. The van der Waals surface area contributed by atoms with E-state index in [2.05, 4.69) is 5.10 Å². The van der Waals surface area contributed by atoms with Gasteiger partial charge in [0.05, 0.1) is 12.5 Å². The van der Waals surface area contributed by atoms with Gasteiger partial charge in [-0.15, -0.1) is 0 Å². The highest BCUT2D eigenvalue weighted by Gasteiger charge is 2.31. The third-order valence-electron chi connectivity index (χ3n) is 2.96. The minimum Gasteiger partial charge on any atom is -0.426 e. The molecule has 1 saturated carbocycles. The lowest BCUT2D eigenvalue weighted by atomic mass is 10.2. The van der Waals surface area contributed by atoms with Gasteiger partial charge in [-0.1, -0.05) is 12.1 Å². The number of ether oxygens (including phenoxy) is 1. The molecule has 3 rings (SSSR count). The Balaban J connectivity index is 1.63. The second-order valence-electron chi connectivity index (χ2n) is 4.54. The minimum atomic E-state index is -0.102. The van der Waals surface area contributed by atoms with Crippen molar-refractivity contribution in [2.75, 3.05) is 0 Å². The van der Waals surface area contributed by atoms with E-state index in [1.807, 2.05) is 41.2 Å². The quantitative estimate of drug-likeness (QED) is 0.610. The Labute approximate surface area is 105 Å². The van der Waals surface area contributed by atoms with Crippen molar-refractivity contribution in [1.29, 1.82) is 0 Å². The first-order valence-corrected chi connectivity index (χ1v) is 6.09. The summed E-state index contributed by atoms with van der Waals surface area (Å²) in [7, 11) is 0. The lowest BCUT2D eigenvalue weighted by Crippen LogP contribution is -2.09. The molecule has 4 nitrogen and oxygen atoms in total. The highest BCUT2D eigenvalue weighted by molar-refractivity contribution is 5.77. The van der Waals surface area contributed by atoms with Crippen molar-refractivity contribution >= 4 is 5.97 Å². The number of carbonyl (C=O) groups excluding carboxylic acids is 1. The van der Waals surface area contributed by atoms with E-state index >= 15 is 0 Å². The number of hydrogen-bond acceptors (Lipinski definition) is 3. The van der Waals surface area contributed by atoms with Gasteiger partial charge in [-0.3, -0.25) is 9.48 Å². The second kappa shape index (κ2) is 4.64. The Bertz CT molecular complexity index is 527. The van der Waals surface area contributed by atoms with Gasteiger partial charge in [0.25, 0.3) is 0 Å². The second-order valence-corrected chi connectivity index (χ2v) is 4.54. The van der Waals surface area contributed by atoms with E-state index in [-0.39, 0.29) is 11.9 Å². The first-order valence-electron chi connectivity index (χ1n) is 6.09. The van der Waals surface area contributed by atoms with Crippen LogP contribution in [-0.4, -0.2) is 15.7 Å². The summed E-state index contributed by atoms with van der Waals surface area (Å²) in [6, 6.07) is 9.47. The molecule has 4 heteroatoms. The van der Waals surface area contributed by atoms with Crippen molar-refractivity contribution < 1.29 is 9.53 Å². The fourth-order valence-corrected chi connectivity index (χ4v) is 1.76. The normalized spacial score (nSPS) is 14.4. The Hall–Kier alpha value is -2.10. The maximum Gasteiger partial charge on any atom is 0.314 e. The summed E-state index contributed by atoms with van der Waals surface area (Å²) in [5, 5.41) is 4.15. The molecule has 1 heterocycles. The topological polar surface area (TPSA) is 44.1 Å². The van der Waals surface area contributed by atoms with Crippen LogP contribution in [0, 0.1) is 5.92 Å². The zero-order valence-electron chi connectivity index (χ0n) is 9.95. The van der Waals surface area contributed by atoms with Gasteiger partial charge >= 0.3 is 5.97 Å². The maximum absolute atomic E-state index is 11.5. The number of hydrogen-bond donors (Lipinski definition) is 0. The summed E-state index contributed by atoms with van der Waals surface area (Å²) in [4.78, 5) is 11.5. The molecule has 1 aliphatic rings. The van der Waals surface area contributed by atoms with Gasteiger partial charge < -0.3 is 4.74 Å². The summed E-state index contributed by atoms with van der Waals surface area (Å²) in [6.45, 7) is 0.726. The number of rotatable bonds is 4. The summed E-state index contributed by atoms with van der Waals surface area (Å²) in [5.41, 5.74) is 1.13. The van der Waals surface area contributed by atoms with E-state index < -0.39 is 0 Å². The Kier molecular flexibility index (Phi) is 2.84. The van der Waals surface area contributed by atoms with Gasteiger partial charge in [0.15, 0.2) is 0 Å². The predicted molar refractivity (Wildman–Crippen MR) is 66.1 cm³/mol. The van der Waals surface area contributed by atoms with E-state index in [4.69, 9.17) is 4.74 Å². The van der Waals surface area contributed by atoms with Crippen LogP contribution in [0.3, 0.4) is 0 Å². The molecule has 92 valence electrons. The van der Waals surface area contributed by atoms with Crippen LogP contribution in [0.5, 0.6) is 5.75 Å². The molecule has 2 aromatic rings. The monoisotopic (exact) mass is 242 g/mol. The van der Waals surface area contributed by atoms with Crippen molar-refractivity contribution in [2.24, 2.45) is 5.92 Å². The van der Waals surface area contributed by atoms with Gasteiger partial charge in [-0.2, -0.15) is 5.10 Å². The van der Waals surface area contributed by atoms with Gasteiger partial charge in [0, 0.05) is 12.4 Å². The lowest BCUT2D eigenvalue weighted by molar-refractivity contribution is -0.135. The van der Waals surface area contributed by atoms with Crippen molar-refractivity contribution in [3.63, 3.8) is 0 Å². The van der Waals surface area contributed by atoms with Gasteiger partial charge in [-0.05, 0) is 36.6 Å². The molecule has 1 aromatic heterocycles. The van der Waals surface area contributed by atoms with E-state index in [1.165, 1.54) is 0 Å². The number of esters is 1. The SMILES string of the molecule is O=C(Oc1ccc(Cn2cccn2)cc1)C1CC1. The van der Waals surface area contributed by atoms with E-state index in [1.54, 1.807) is 6.20 Å². The smallest absolute Gasteiger partial charge is 0.314 e. The Morgan fingerprint density at radius 2 is 2.11 bits per heavy atom. The molecule has 0 radical (unpaired) electrons. The molecule has 0 bridgehead atoms. The third kappa shape index (κ3) is 2.59. The standard InChI is InChI=1S/C14H14N2O2/c17-14(12-4-5-12)18-13-6-2-11(3-7-13)10-16-9-1-8-15-16/h1-3,6-9,12H,4-5,10H2. The maximum atomic E-state index is 11.5. The van der Waals surface area contributed by atoms with Crippen LogP contribution in [0.1, 0.15) is 18.4 Å². The molecule has 0 N–H and O–H groups in total. The molecule has 0 saturated heterocycles. The number of nitrogens with zero attached hydrogens (tertiary/aromatic N) is 2. The fraction of sp³-hybridized carbons (Fsp3) is 0.286. The van der Waals surface area contributed by atoms with Gasteiger partial charge in [0.1, 0.15) is 5.75 Å². The van der Waals surface area contributed by atoms with E-state index in [0.29, 0.717) is 5.75 Å². The molecule has 1 aromatic carbocycles. The van der Waals surface area contributed by atoms with Gasteiger partial charge in [-0.25, -0.2) is 0 Å². The molecule has 0 amide bonds. The van der Waals surface area contributed by atoms with Crippen LogP contribution in [0.25, 0.3) is 0 Å². The van der Waals surface area contributed by atoms with Crippen LogP contribution < -0.4 is 4.74 Å². The lowest BCUT2D eigenvalue weighted by Gasteiger charge is -2.05. The average molecular weight is 242 g/mol. The van der Waals surface area contributed by atoms with Crippen LogP contribution in [0.4, 0.5) is 0 Å². The van der Waals surface area contributed by atoms with E-state index in [9.17, 15) is 4.79 Å². The largest absolute Gasteiger partial charge is 0.426 e.